The zero-order chi connectivity index (χ0) is 13.1. The van der Waals surface area contributed by atoms with Crippen LogP contribution in [0.4, 0.5) is 0 Å². The van der Waals surface area contributed by atoms with Crippen molar-refractivity contribution >= 4 is 11.7 Å². The predicted octanol–water partition coefficient (Wildman–Crippen LogP) is 1.45. The van der Waals surface area contributed by atoms with E-state index in [1.165, 1.54) is 19.3 Å². The van der Waals surface area contributed by atoms with Gasteiger partial charge in [-0.2, -0.15) is 0 Å². The molecule has 1 amide bonds. The van der Waals surface area contributed by atoms with Crippen LogP contribution in [0.2, 0.25) is 0 Å². The Labute approximate surface area is 102 Å². The SMILES string of the molecule is CCC(C)(C(=O)NC(C)C1CCC1)C(N)=NO. The molecule has 1 fully saturated rings. The smallest absolute Gasteiger partial charge is 0.233 e. The molecule has 1 aliphatic rings. The summed E-state index contributed by atoms with van der Waals surface area (Å²) in [5.41, 5.74) is 4.68. The molecule has 0 heterocycles. The summed E-state index contributed by atoms with van der Waals surface area (Å²) < 4.78 is 0. The van der Waals surface area contributed by atoms with Gasteiger partial charge in [-0.25, -0.2) is 0 Å². The molecule has 0 aliphatic heterocycles. The molecule has 0 saturated heterocycles. The van der Waals surface area contributed by atoms with Gasteiger partial charge in [0.2, 0.25) is 5.91 Å². The first kappa shape index (κ1) is 13.8. The van der Waals surface area contributed by atoms with E-state index in [1.807, 2.05) is 13.8 Å². The Bertz CT molecular complexity index is 313. The normalized spacial score (nSPS) is 22.4. The molecule has 5 nitrogen and oxygen atoms in total. The summed E-state index contributed by atoms with van der Waals surface area (Å²) in [7, 11) is 0. The number of hydrogen-bond acceptors (Lipinski definition) is 3. The summed E-state index contributed by atoms with van der Waals surface area (Å²) in [5, 5.41) is 14.7. The third-order valence-electron chi connectivity index (χ3n) is 4.10. The molecule has 0 aromatic carbocycles. The topological polar surface area (TPSA) is 87.7 Å². The molecule has 0 spiro atoms. The Morgan fingerprint density at radius 1 is 1.65 bits per heavy atom. The van der Waals surface area contributed by atoms with Crippen molar-refractivity contribution < 1.29 is 10.0 Å². The number of amidine groups is 1. The van der Waals surface area contributed by atoms with Gasteiger partial charge in [-0.05, 0) is 39.0 Å². The molecular weight excluding hydrogens is 218 g/mol. The molecule has 4 N–H and O–H groups in total. The van der Waals surface area contributed by atoms with Gasteiger partial charge < -0.3 is 16.3 Å². The number of nitrogens with two attached hydrogens (primary N) is 1. The second-order valence-electron chi connectivity index (χ2n) is 5.12. The molecule has 1 aliphatic carbocycles. The maximum Gasteiger partial charge on any atom is 0.233 e. The molecule has 2 atom stereocenters. The highest BCUT2D eigenvalue weighted by molar-refractivity contribution is 6.06. The monoisotopic (exact) mass is 241 g/mol. The summed E-state index contributed by atoms with van der Waals surface area (Å²) in [6.45, 7) is 5.57. The minimum absolute atomic E-state index is 0.0293. The lowest BCUT2D eigenvalue weighted by Gasteiger charge is -2.34. The van der Waals surface area contributed by atoms with Gasteiger partial charge in [-0.1, -0.05) is 18.5 Å². The Kier molecular flexibility index (Phi) is 4.37. The molecule has 17 heavy (non-hydrogen) atoms. The lowest BCUT2D eigenvalue weighted by molar-refractivity contribution is -0.128. The highest BCUT2D eigenvalue weighted by Crippen LogP contribution is 2.30. The first-order chi connectivity index (χ1) is 7.95. The van der Waals surface area contributed by atoms with Crippen LogP contribution in [0, 0.1) is 11.3 Å². The second kappa shape index (κ2) is 5.38. The largest absolute Gasteiger partial charge is 0.409 e. The summed E-state index contributed by atoms with van der Waals surface area (Å²) in [4.78, 5) is 12.2. The average molecular weight is 241 g/mol. The fraction of sp³-hybridized carbons (Fsp3) is 0.833. The van der Waals surface area contributed by atoms with Gasteiger partial charge in [0.15, 0.2) is 5.84 Å². The van der Waals surface area contributed by atoms with E-state index < -0.39 is 5.41 Å². The van der Waals surface area contributed by atoms with Crippen molar-refractivity contribution in [3.8, 4) is 0 Å². The van der Waals surface area contributed by atoms with Crippen molar-refractivity contribution in [1.29, 1.82) is 0 Å². The molecular formula is C12H23N3O2. The minimum Gasteiger partial charge on any atom is -0.409 e. The van der Waals surface area contributed by atoms with Gasteiger partial charge in [0.25, 0.3) is 0 Å². The minimum atomic E-state index is -0.924. The third kappa shape index (κ3) is 2.70. The quantitative estimate of drug-likeness (QED) is 0.295. The maximum atomic E-state index is 12.2. The third-order valence-corrected chi connectivity index (χ3v) is 4.10. The fourth-order valence-electron chi connectivity index (χ4n) is 1.99. The predicted molar refractivity (Wildman–Crippen MR) is 66.8 cm³/mol. The van der Waals surface area contributed by atoms with Gasteiger partial charge in [0.05, 0.1) is 0 Å². The summed E-state index contributed by atoms with van der Waals surface area (Å²) in [6, 6.07) is 0.161. The Balaban J connectivity index is 2.66. The number of nitrogens with one attached hydrogen (secondary N) is 1. The highest BCUT2D eigenvalue weighted by atomic mass is 16.4. The summed E-state index contributed by atoms with van der Waals surface area (Å²) in [6.07, 6.45) is 4.10. The highest BCUT2D eigenvalue weighted by Gasteiger charge is 2.38. The summed E-state index contributed by atoms with van der Waals surface area (Å²) >= 11 is 0. The van der Waals surface area contributed by atoms with Gasteiger partial charge in [0, 0.05) is 6.04 Å². The van der Waals surface area contributed by atoms with Gasteiger partial charge in [-0.3, -0.25) is 4.79 Å². The zero-order valence-corrected chi connectivity index (χ0v) is 10.9. The molecule has 2 unspecified atom stereocenters. The molecule has 98 valence electrons. The van der Waals surface area contributed by atoms with Crippen molar-refractivity contribution in [3.05, 3.63) is 0 Å². The van der Waals surface area contributed by atoms with E-state index in [-0.39, 0.29) is 17.8 Å². The molecule has 0 radical (unpaired) electrons. The van der Waals surface area contributed by atoms with E-state index in [0.29, 0.717) is 12.3 Å². The van der Waals surface area contributed by atoms with E-state index >= 15 is 0 Å². The van der Waals surface area contributed by atoms with Crippen molar-refractivity contribution in [2.75, 3.05) is 0 Å². The van der Waals surface area contributed by atoms with Crippen LogP contribution in [-0.4, -0.2) is 23.0 Å². The Morgan fingerprint density at radius 2 is 2.24 bits per heavy atom. The van der Waals surface area contributed by atoms with Crippen LogP contribution in [0.25, 0.3) is 0 Å². The Hall–Kier alpha value is -1.26. The van der Waals surface area contributed by atoms with Crippen molar-refractivity contribution in [2.45, 2.75) is 52.5 Å². The fourth-order valence-corrected chi connectivity index (χ4v) is 1.99. The van der Waals surface area contributed by atoms with Crippen LogP contribution in [0.5, 0.6) is 0 Å². The molecule has 0 bridgehead atoms. The second-order valence-corrected chi connectivity index (χ2v) is 5.12. The van der Waals surface area contributed by atoms with E-state index in [0.717, 1.165) is 0 Å². The van der Waals surface area contributed by atoms with Gasteiger partial charge >= 0.3 is 0 Å². The number of carbonyl (C=O) groups is 1. The molecule has 0 aromatic rings. The van der Waals surface area contributed by atoms with Crippen molar-refractivity contribution in [3.63, 3.8) is 0 Å². The van der Waals surface area contributed by atoms with E-state index in [1.54, 1.807) is 6.92 Å². The number of oxime groups is 1. The van der Waals surface area contributed by atoms with Crippen LogP contribution in [0.1, 0.15) is 46.5 Å². The standard InChI is InChI=1S/C12H23N3O2/c1-4-12(3,10(13)15-17)11(16)14-8(2)9-6-5-7-9/h8-9,17H,4-7H2,1-3H3,(H2,13,15)(H,14,16). The molecule has 1 saturated carbocycles. The number of amides is 1. The number of hydrogen-bond donors (Lipinski definition) is 3. The van der Waals surface area contributed by atoms with Gasteiger partial charge in [0.1, 0.15) is 5.41 Å². The van der Waals surface area contributed by atoms with E-state index in [2.05, 4.69) is 10.5 Å². The first-order valence-electron chi connectivity index (χ1n) is 6.24. The van der Waals surface area contributed by atoms with Gasteiger partial charge in [-0.15, -0.1) is 0 Å². The molecule has 5 heteroatoms. The van der Waals surface area contributed by atoms with Crippen LogP contribution in [0.15, 0.2) is 5.16 Å². The summed E-state index contributed by atoms with van der Waals surface area (Å²) in [5.74, 6) is 0.389. The van der Waals surface area contributed by atoms with Crippen LogP contribution < -0.4 is 11.1 Å². The lowest BCUT2D eigenvalue weighted by Crippen LogP contribution is -2.52. The molecule has 1 rings (SSSR count). The van der Waals surface area contributed by atoms with Crippen LogP contribution >= 0.6 is 0 Å². The molecule has 0 aromatic heterocycles. The maximum absolute atomic E-state index is 12.2. The number of carbonyl (C=O) groups excluding carboxylic acids is 1. The van der Waals surface area contributed by atoms with Crippen LogP contribution in [0.3, 0.4) is 0 Å². The van der Waals surface area contributed by atoms with Crippen molar-refractivity contribution in [2.24, 2.45) is 22.2 Å². The van der Waals surface area contributed by atoms with E-state index in [4.69, 9.17) is 10.9 Å². The lowest BCUT2D eigenvalue weighted by atomic mass is 9.79. The zero-order valence-electron chi connectivity index (χ0n) is 10.9. The average Bonchev–Trinajstić information content (AvgIpc) is 2.24. The number of rotatable bonds is 5. The van der Waals surface area contributed by atoms with Crippen LogP contribution in [-0.2, 0) is 4.79 Å². The van der Waals surface area contributed by atoms with Crippen molar-refractivity contribution in [1.82, 2.24) is 5.32 Å². The Morgan fingerprint density at radius 3 is 2.59 bits per heavy atom. The van der Waals surface area contributed by atoms with E-state index in [9.17, 15) is 4.79 Å². The first-order valence-corrected chi connectivity index (χ1v) is 6.24. The number of nitrogens with zero attached hydrogens (tertiary/aromatic N) is 1.